The molecule has 0 amide bonds. The first-order valence-corrected chi connectivity index (χ1v) is 9.14. The summed E-state index contributed by atoms with van der Waals surface area (Å²) < 4.78 is 1.47. The van der Waals surface area contributed by atoms with Crippen molar-refractivity contribution in [2.75, 3.05) is 12.3 Å². The average Bonchev–Trinajstić information content (AvgIpc) is 2.94. The van der Waals surface area contributed by atoms with Crippen molar-refractivity contribution in [2.24, 2.45) is 0 Å². The van der Waals surface area contributed by atoms with Crippen molar-refractivity contribution in [3.8, 4) is 0 Å². The lowest BCUT2D eigenvalue weighted by atomic mass is 9.98. The van der Waals surface area contributed by atoms with E-state index in [4.69, 9.17) is 0 Å². The third-order valence-corrected chi connectivity index (χ3v) is 6.29. The van der Waals surface area contributed by atoms with Gasteiger partial charge in [-0.25, -0.2) is 0 Å². The Bertz CT molecular complexity index is 528. The number of hydrogen-bond acceptors (Lipinski definition) is 3. The summed E-state index contributed by atoms with van der Waals surface area (Å²) in [6.07, 6.45) is 4.13. The zero-order valence-electron chi connectivity index (χ0n) is 11.4. The lowest BCUT2D eigenvalue weighted by Crippen LogP contribution is -2.31. The van der Waals surface area contributed by atoms with Gasteiger partial charge in [-0.15, -0.1) is 11.3 Å². The summed E-state index contributed by atoms with van der Waals surface area (Å²) in [6.45, 7) is 3.26. The van der Waals surface area contributed by atoms with Crippen LogP contribution >= 0.6 is 23.1 Å². The minimum Gasteiger partial charge on any atom is -0.309 e. The van der Waals surface area contributed by atoms with E-state index in [0.29, 0.717) is 6.04 Å². The molecule has 1 aliphatic rings. The quantitative estimate of drug-likeness (QED) is 0.865. The van der Waals surface area contributed by atoms with Gasteiger partial charge < -0.3 is 5.32 Å². The van der Waals surface area contributed by atoms with Crippen LogP contribution in [0, 0.1) is 0 Å². The van der Waals surface area contributed by atoms with Gasteiger partial charge in [-0.2, -0.15) is 11.8 Å². The highest BCUT2D eigenvalue weighted by Crippen LogP contribution is 2.38. The molecule has 2 atom stereocenters. The number of nitrogens with one attached hydrogen (secondary N) is 1. The zero-order chi connectivity index (χ0) is 13.1. The fourth-order valence-corrected chi connectivity index (χ4v) is 5.35. The van der Waals surface area contributed by atoms with E-state index in [1.807, 2.05) is 11.3 Å². The van der Waals surface area contributed by atoms with Crippen LogP contribution in [-0.4, -0.2) is 17.5 Å². The van der Waals surface area contributed by atoms with E-state index in [9.17, 15) is 0 Å². The van der Waals surface area contributed by atoms with E-state index in [0.717, 1.165) is 11.8 Å². The molecule has 0 saturated carbocycles. The van der Waals surface area contributed by atoms with Gasteiger partial charge in [0.2, 0.25) is 0 Å². The van der Waals surface area contributed by atoms with Crippen molar-refractivity contribution < 1.29 is 0 Å². The van der Waals surface area contributed by atoms with E-state index >= 15 is 0 Å². The van der Waals surface area contributed by atoms with Gasteiger partial charge in [-0.05, 0) is 47.5 Å². The maximum absolute atomic E-state index is 3.74. The first-order valence-electron chi connectivity index (χ1n) is 7.21. The fourth-order valence-electron chi connectivity index (χ4n) is 2.95. The SMILES string of the molecule is CCNC(c1cccc2ccsc12)C1CCCCS1. The fraction of sp³-hybridized carbons (Fsp3) is 0.500. The van der Waals surface area contributed by atoms with Crippen LogP contribution in [0.5, 0.6) is 0 Å². The largest absolute Gasteiger partial charge is 0.309 e. The molecule has 1 N–H and O–H groups in total. The Morgan fingerprint density at radius 3 is 3.05 bits per heavy atom. The lowest BCUT2D eigenvalue weighted by Gasteiger charge is -2.31. The molecule has 2 unspecified atom stereocenters. The van der Waals surface area contributed by atoms with Crippen molar-refractivity contribution >= 4 is 33.2 Å². The second kappa shape index (κ2) is 6.29. The topological polar surface area (TPSA) is 12.0 Å². The summed E-state index contributed by atoms with van der Waals surface area (Å²) in [4.78, 5) is 0. The van der Waals surface area contributed by atoms with Crippen LogP contribution in [-0.2, 0) is 0 Å². The molecule has 3 heteroatoms. The van der Waals surface area contributed by atoms with Gasteiger partial charge in [-0.3, -0.25) is 0 Å². The summed E-state index contributed by atoms with van der Waals surface area (Å²) in [5.41, 5.74) is 1.51. The van der Waals surface area contributed by atoms with Crippen LogP contribution in [0.1, 0.15) is 37.8 Å². The van der Waals surface area contributed by atoms with Gasteiger partial charge in [0.15, 0.2) is 0 Å². The summed E-state index contributed by atoms with van der Waals surface area (Å²) in [5.74, 6) is 1.33. The van der Waals surface area contributed by atoms with Gasteiger partial charge in [0, 0.05) is 16.0 Å². The molecule has 1 fully saturated rings. The van der Waals surface area contributed by atoms with Gasteiger partial charge >= 0.3 is 0 Å². The number of fused-ring (bicyclic) bond motifs is 1. The molecule has 1 aromatic carbocycles. The highest BCUT2D eigenvalue weighted by atomic mass is 32.2. The summed E-state index contributed by atoms with van der Waals surface area (Å²) in [7, 11) is 0. The third kappa shape index (κ3) is 2.83. The average molecular weight is 291 g/mol. The number of thiophene rings is 1. The maximum atomic E-state index is 3.74. The molecule has 1 aliphatic heterocycles. The van der Waals surface area contributed by atoms with Gasteiger partial charge in [0.1, 0.15) is 0 Å². The summed E-state index contributed by atoms with van der Waals surface area (Å²) >= 11 is 4.04. The first-order chi connectivity index (χ1) is 9.40. The van der Waals surface area contributed by atoms with Crippen molar-refractivity contribution in [3.63, 3.8) is 0 Å². The predicted octanol–water partition coefficient (Wildman–Crippen LogP) is 4.84. The number of benzene rings is 1. The zero-order valence-corrected chi connectivity index (χ0v) is 13.0. The van der Waals surface area contributed by atoms with Crippen LogP contribution in [0.3, 0.4) is 0 Å². The highest BCUT2D eigenvalue weighted by molar-refractivity contribution is 8.00. The molecule has 1 aromatic heterocycles. The Morgan fingerprint density at radius 1 is 1.32 bits per heavy atom. The maximum Gasteiger partial charge on any atom is 0.0454 e. The molecule has 2 heterocycles. The molecule has 19 heavy (non-hydrogen) atoms. The first kappa shape index (κ1) is 13.5. The standard InChI is InChI=1S/C16H21NS2/c1-2-17-15(14-8-3-4-10-18-14)13-7-5-6-12-9-11-19-16(12)13/h5-7,9,11,14-15,17H,2-4,8,10H2,1H3. The highest BCUT2D eigenvalue weighted by Gasteiger charge is 2.26. The molecular formula is C16H21NS2. The van der Waals surface area contributed by atoms with Crippen LogP contribution in [0.15, 0.2) is 29.6 Å². The Kier molecular flexibility index (Phi) is 4.46. The molecule has 0 spiro atoms. The van der Waals surface area contributed by atoms with Crippen LogP contribution < -0.4 is 5.32 Å². The minimum atomic E-state index is 0.512. The van der Waals surface area contributed by atoms with E-state index in [1.54, 1.807) is 0 Å². The molecule has 0 radical (unpaired) electrons. The molecule has 2 aromatic rings. The van der Waals surface area contributed by atoms with Crippen LogP contribution in [0.25, 0.3) is 10.1 Å². The van der Waals surface area contributed by atoms with E-state index < -0.39 is 0 Å². The normalized spacial score (nSPS) is 21.6. The molecule has 0 aliphatic carbocycles. The molecule has 1 nitrogen and oxygen atoms in total. The van der Waals surface area contributed by atoms with Gasteiger partial charge in [-0.1, -0.05) is 31.5 Å². The lowest BCUT2D eigenvalue weighted by molar-refractivity contribution is 0.494. The summed E-state index contributed by atoms with van der Waals surface area (Å²) in [6, 6.07) is 9.51. The molecular weight excluding hydrogens is 270 g/mol. The second-order valence-electron chi connectivity index (χ2n) is 5.13. The molecule has 0 bridgehead atoms. The van der Waals surface area contributed by atoms with Crippen molar-refractivity contribution in [3.05, 3.63) is 35.2 Å². The second-order valence-corrected chi connectivity index (χ2v) is 7.39. The minimum absolute atomic E-state index is 0.512. The molecule has 102 valence electrons. The van der Waals surface area contributed by atoms with E-state index in [-0.39, 0.29) is 0 Å². The van der Waals surface area contributed by atoms with E-state index in [2.05, 4.69) is 53.6 Å². The van der Waals surface area contributed by atoms with Crippen LogP contribution in [0.4, 0.5) is 0 Å². The van der Waals surface area contributed by atoms with Crippen molar-refractivity contribution in [2.45, 2.75) is 37.5 Å². The molecule has 1 saturated heterocycles. The number of hydrogen-bond donors (Lipinski definition) is 1. The van der Waals surface area contributed by atoms with Gasteiger partial charge in [0.05, 0.1) is 0 Å². The van der Waals surface area contributed by atoms with Crippen molar-refractivity contribution in [1.29, 1.82) is 0 Å². The Labute approximate surface area is 123 Å². The summed E-state index contributed by atoms with van der Waals surface area (Å²) in [5, 5.41) is 8.08. The molecule has 3 rings (SSSR count). The Balaban J connectivity index is 1.96. The smallest absolute Gasteiger partial charge is 0.0454 e. The van der Waals surface area contributed by atoms with Crippen LogP contribution in [0.2, 0.25) is 0 Å². The number of rotatable bonds is 4. The predicted molar refractivity (Wildman–Crippen MR) is 88.3 cm³/mol. The third-order valence-electron chi connectivity index (χ3n) is 3.86. The Hall–Kier alpha value is -0.510. The van der Waals surface area contributed by atoms with E-state index in [1.165, 1.54) is 40.7 Å². The Morgan fingerprint density at radius 2 is 2.26 bits per heavy atom. The number of thioether (sulfide) groups is 1. The monoisotopic (exact) mass is 291 g/mol. The van der Waals surface area contributed by atoms with Crippen molar-refractivity contribution in [1.82, 2.24) is 5.32 Å². The van der Waals surface area contributed by atoms with Gasteiger partial charge in [0.25, 0.3) is 0 Å².